The fourth-order valence-electron chi connectivity index (χ4n) is 0.729. The molecule has 1 heterocycles. The highest BCUT2D eigenvalue weighted by Crippen LogP contribution is 2.13. The molecular formula is C7H9N3S. The van der Waals surface area contributed by atoms with Crippen LogP contribution in [0.4, 0.5) is 0 Å². The maximum absolute atomic E-state index is 8.48. The van der Waals surface area contributed by atoms with E-state index < -0.39 is 0 Å². The first-order chi connectivity index (χ1) is 5.24. The molecule has 1 aromatic rings. The van der Waals surface area contributed by atoms with E-state index in [4.69, 9.17) is 5.26 Å². The number of thiazole rings is 1. The standard InChI is InChI=1S/C7H9N3S/c1-6-7(11-5-9-6)3-10(2)4-8/h5H,3H2,1-2H3. The van der Waals surface area contributed by atoms with Crippen molar-refractivity contribution in [3.8, 4) is 6.19 Å². The Bertz CT molecular complexity index is 273. The van der Waals surface area contributed by atoms with Crippen LogP contribution >= 0.6 is 11.3 Å². The average molecular weight is 167 g/mol. The summed E-state index contributed by atoms with van der Waals surface area (Å²) in [4.78, 5) is 6.83. The van der Waals surface area contributed by atoms with Crippen molar-refractivity contribution in [1.29, 1.82) is 5.26 Å². The summed E-state index contributed by atoms with van der Waals surface area (Å²) in [5, 5.41) is 8.48. The molecule has 0 saturated heterocycles. The van der Waals surface area contributed by atoms with E-state index in [9.17, 15) is 0 Å². The highest BCUT2D eigenvalue weighted by Gasteiger charge is 2.02. The fourth-order valence-corrected chi connectivity index (χ4v) is 1.56. The summed E-state index contributed by atoms with van der Waals surface area (Å²) in [6.07, 6.45) is 2.04. The monoisotopic (exact) mass is 167 g/mol. The molecule has 11 heavy (non-hydrogen) atoms. The Kier molecular flexibility index (Phi) is 2.44. The van der Waals surface area contributed by atoms with Crippen molar-refractivity contribution < 1.29 is 0 Å². The molecule has 0 fully saturated rings. The molecule has 0 aliphatic heterocycles. The zero-order chi connectivity index (χ0) is 8.27. The topological polar surface area (TPSA) is 39.9 Å². The van der Waals surface area contributed by atoms with E-state index in [1.165, 1.54) is 0 Å². The van der Waals surface area contributed by atoms with Crippen molar-refractivity contribution >= 4 is 11.3 Å². The molecule has 0 amide bonds. The van der Waals surface area contributed by atoms with Gasteiger partial charge in [-0.15, -0.1) is 11.3 Å². The molecule has 3 nitrogen and oxygen atoms in total. The first kappa shape index (κ1) is 8.02. The predicted molar refractivity (Wildman–Crippen MR) is 43.9 cm³/mol. The summed E-state index contributed by atoms with van der Waals surface area (Å²) in [5.74, 6) is 0. The van der Waals surface area contributed by atoms with E-state index in [1.54, 1.807) is 28.8 Å². The van der Waals surface area contributed by atoms with Crippen molar-refractivity contribution in [2.75, 3.05) is 7.05 Å². The minimum Gasteiger partial charge on any atom is -0.308 e. The van der Waals surface area contributed by atoms with Crippen LogP contribution in [-0.2, 0) is 6.54 Å². The van der Waals surface area contributed by atoms with Gasteiger partial charge < -0.3 is 4.90 Å². The minimum absolute atomic E-state index is 0.674. The Morgan fingerprint density at radius 3 is 3.00 bits per heavy atom. The van der Waals surface area contributed by atoms with Gasteiger partial charge in [-0.05, 0) is 6.92 Å². The third kappa shape index (κ3) is 1.92. The lowest BCUT2D eigenvalue weighted by atomic mass is 10.4. The van der Waals surface area contributed by atoms with Crippen LogP contribution < -0.4 is 0 Å². The average Bonchev–Trinajstić information content (AvgIpc) is 2.37. The molecule has 0 aliphatic carbocycles. The van der Waals surface area contributed by atoms with E-state index in [2.05, 4.69) is 4.98 Å². The van der Waals surface area contributed by atoms with Gasteiger partial charge in [0.2, 0.25) is 0 Å². The van der Waals surface area contributed by atoms with Gasteiger partial charge in [0.25, 0.3) is 0 Å². The quantitative estimate of drug-likeness (QED) is 0.493. The lowest BCUT2D eigenvalue weighted by Crippen LogP contribution is -2.09. The Balaban J connectivity index is 2.66. The molecule has 0 saturated carbocycles. The van der Waals surface area contributed by atoms with Crippen molar-refractivity contribution in [3.05, 3.63) is 16.1 Å². The van der Waals surface area contributed by atoms with Crippen LogP contribution in [0.25, 0.3) is 0 Å². The summed E-state index contributed by atoms with van der Waals surface area (Å²) in [7, 11) is 1.76. The molecule has 58 valence electrons. The van der Waals surface area contributed by atoms with Crippen LogP contribution in [0.5, 0.6) is 0 Å². The minimum atomic E-state index is 0.674. The highest BCUT2D eigenvalue weighted by atomic mass is 32.1. The van der Waals surface area contributed by atoms with Gasteiger partial charge in [0.15, 0.2) is 6.19 Å². The molecule has 0 bridgehead atoms. The summed E-state index contributed by atoms with van der Waals surface area (Å²) in [6.45, 7) is 2.63. The second-order valence-corrected chi connectivity index (χ2v) is 3.26. The van der Waals surface area contributed by atoms with E-state index in [1.807, 2.05) is 13.1 Å². The van der Waals surface area contributed by atoms with Crippen molar-refractivity contribution in [2.24, 2.45) is 0 Å². The summed E-state index contributed by atoms with van der Waals surface area (Å²) < 4.78 is 0. The van der Waals surface area contributed by atoms with E-state index in [0.717, 1.165) is 10.6 Å². The first-order valence-electron chi connectivity index (χ1n) is 3.24. The van der Waals surface area contributed by atoms with Gasteiger partial charge in [0.1, 0.15) is 0 Å². The molecule has 0 unspecified atom stereocenters. The fraction of sp³-hybridized carbons (Fsp3) is 0.429. The zero-order valence-corrected chi connectivity index (χ0v) is 7.35. The maximum atomic E-state index is 8.48. The molecule has 0 spiro atoms. The van der Waals surface area contributed by atoms with Crippen LogP contribution in [0.3, 0.4) is 0 Å². The Morgan fingerprint density at radius 1 is 1.82 bits per heavy atom. The van der Waals surface area contributed by atoms with Gasteiger partial charge in [0, 0.05) is 11.9 Å². The summed E-state index contributed by atoms with van der Waals surface area (Å²) >= 11 is 1.59. The number of rotatable bonds is 2. The van der Waals surface area contributed by atoms with Crippen LogP contribution in [0.2, 0.25) is 0 Å². The number of aromatic nitrogens is 1. The van der Waals surface area contributed by atoms with Gasteiger partial charge in [0.05, 0.1) is 17.7 Å². The predicted octanol–water partition coefficient (Wildman–Crippen LogP) is 1.36. The Morgan fingerprint density at radius 2 is 2.55 bits per heavy atom. The van der Waals surface area contributed by atoms with Crippen LogP contribution in [0.15, 0.2) is 5.51 Å². The highest BCUT2D eigenvalue weighted by molar-refractivity contribution is 7.09. The maximum Gasteiger partial charge on any atom is 0.179 e. The lowest BCUT2D eigenvalue weighted by molar-refractivity contribution is 0.472. The number of aryl methyl sites for hydroxylation is 1. The number of hydrogen-bond donors (Lipinski definition) is 0. The van der Waals surface area contributed by atoms with Gasteiger partial charge >= 0.3 is 0 Å². The second-order valence-electron chi connectivity index (χ2n) is 2.32. The number of nitriles is 1. The number of hydrogen-bond acceptors (Lipinski definition) is 4. The van der Waals surface area contributed by atoms with Crippen LogP contribution in [-0.4, -0.2) is 16.9 Å². The molecule has 0 atom stereocenters. The molecule has 1 aromatic heterocycles. The SMILES string of the molecule is Cc1ncsc1CN(C)C#N. The van der Waals surface area contributed by atoms with Crippen LogP contribution in [0.1, 0.15) is 10.6 Å². The first-order valence-corrected chi connectivity index (χ1v) is 4.12. The van der Waals surface area contributed by atoms with E-state index in [0.29, 0.717) is 6.54 Å². The molecule has 4 heteroatoms. The Labute approximate surface area is 69.9 Å². The van der Waals surface area contributed by atoms with Crippen molar-refractivity contribution in [2.45, 2.75) is 13.5 Å². The molecule has 1 rings (SSSR count). The van der Waals surface area contributed by atoms with Gasteiger partial charge in [-0.25, -0.2) is 4.98 Å². The smallest absolute Gasteiger partial charge is 0.179 e. The summed E-state index contributed by atoms with van der Waals surface area (Å²) in [5.41, 5.74) is 2.83. The van der Waals surface area contributed by atoms with Gasteiger partial charge in [-0.2, -0.15) is 5.26 Å². The molecule has 0 N–H and O–H groups in total. The molecule has 0 radical (unpaired) electrons. The van der Waals surface area contributed by atoms with E-state index in [-0.39, 0.29) is 0 Å². The van der Waals surface area contributed by atoms with Crippen LogP contribution in [0, 0.1) is 18.4 Å². The number of nitrogens with zero attached hydrogens (tertiary/aromatic N) is 3. The van der Waals surface area contributed by atoms with Gasteiger partial charge in [-0.1, -0.05) is 0 Å². The van der Waals surface area contributed by atoms with E-state index >= 15 is 0 Å². The van der Waals surface area contributed by atoms with Crippen molar-refractivity contribution in [3.63, 3.8) is 0 Å². The lowest BCUT2D eigenvalue weighted by Gasteiger charge is -2.05. The molecule has 0 aromatic carbocycles. The van der Waals surface area contributed by atoms with Gasteiger partial charge in [-0.3, -0.25) is 0 Å². The molecule has 0 aliphatic rings. The second kappa shape index (κ2) is 3.35. The normalized spacial score (nSPS) is 9.18. The Hall–Kier alpha value is -1.08. The third-order valence-electron chi connectivity index (χ3n) is 1.40. The third-order valence-corrected chi connectivity index (χ3v) is 2.32. The molecular weight excluding hydrogens is 158 g/mol. The van der Waals surface area contributed by atoms with Crippen molar-refractivity contribution in [1.82, 2.24) is 9.88 Å². The largest absolute Gasteiger partial charge is 0.308 e. The summed E-state index contributed by atoms with van der Waals surface area (Å²) in [6, 6.07) is 0. The zero-order valence-electron chi connectivity index (χ0n) is 6.53.